The Balaban J connectivity index is 2.69. The molecule has 0 radical (unpaired) electrons. The number of hydrogen-bond donors (Lipinski definition) is 1. The Morgan fingerprint density at radius 1 is 0.938 bits per heavy atom. The average Bonchev–Trinajstić information content (AvgIpc) is 2.43. The SMILES string of the molecule is Cc1cc(C)c(-c2cc(N)sc2C)c(C)c1. The lowest BCUT2D eigenvalue weighted by atomic mass is 9.94. The molecule has 2 aromatic rings. The third-order valence-electron chi connectivity index (χ3n) is 2.88. The lowest BCUT2D eigenvalue weighted by molar-refractivity contribution is 1.32. The second-order valence-corrected chi connectivity index (χ2v) is 5.68. The second kappa shape index (κ2) is 3.95. The summed E-state index contributed by atoms with van der Waals surface area (Å²) in [5.41, 5.74) is 12.5. The van der Waals surface area contributed by atoms with Gasteiger partial charge in [-0.05, 0) is 56.0 Å². The molecular weight excluding hydrogens is 214 g/mol. The number of nitrogens with two attached hydrogens (primary N) is 1. The Bertz CT molecular complexity index is 515. The molecular formula is C14H17NS. The molecule has 0 saturated heterocycles. The highest BCUT2D eigenvalue weighted by atomic mass is 32.1. The van der Waals surface area contributed by atoms with Gasteiger partial charge in [0.05, 0.1) is 5.00 Å². The first-order chi connectivity index (χ1) is 7.49. The van der Waals surface area contributed by atoms with Crippen molar-refractivity contribution in [2.45, 2.75) is 27.7 Å². The lowest BCUT2D eigenvalue weighted by Gasteiger charge is -2.10. The molecule has 2 N–H and O–H groups in total. The van der Waals surface area contributed by atoms with E-state index < -0.39 is 0 Å². The van der Waals surface area contributed by atoms with Crippen LogP contribution in [0.2, 0.25) is 0 Å². The first kappa shape index (κ1) is 11.2. The smallest absolute Gasteiger partial charge is 0.0865 e. The third-order valence-corrected chi connectivity index (χ3v) is 3.76. The van der Waals surface area contributed by atoms with Crippen molar-refractivity contribution in [1.82, 2.24) is 0 Å². The molecule has 1 aromatic heterocycles. The molecule has 0 bridgehead atoms. The normalized spacial score (nSPS) is 10.8. The Kier molecular flexibility index (Phi) is 2.76. The summed E-state index contributed by atoms with van der Waals surface area (Å²) in [6, 6.07) is 6.55. The Morgan fingerprint density at radius 3 is 1.94 bits per heavy atom. The van der Waals surface area contributed by atoms with Gasteiger partial charge in [-0.15, -0.1) is 11.3 Å². The minimum atomic E-state index is 0.895. The zero-order valence-corrected chi connectivity index (χ0v) is 11.0. The first-order valence-electron chi connectivity index (χ1n) is 5.43. The van der Waals surface area contributed by atoms with Crippen LogP contribution in [0, 0.1) is 27.7 Å². The molecule has 1 aromatic carbocycles. The highest BCUT2D eigenvalue weighted by Crippen LogP contribution is 2.36. The van der Waals surface area contributed by atoms with E-state index in [1.807, 2.05) is 0 Å². The number of thiophene rings is 1. The molecule has 1 nitrogen and oxygen atoms in total. The van der Waals surface area contributed by atoms with Crippen LogP contribution in [0.15, 0.2) is 18.2 Å². The maximum absolute atomic E-state index is 5.87. The van der Waals surface area contributed by atoms with E-state index in [9.17, 15) is 0 Å². The van der Waals surface area contributed by atoms with Crippen LogP contribution in [0.4, 0.5) is 5.00 Å². The zero-order valence-electron chi connectivity index (χ0n) is 10.2. The van der Waals surface area contributed by atoms with E-state index in [0.29, 0.717) is 0 Å². The number of anilines is 1. The quantitative estimate of drug-likeness (QED) is 0.781. The minimum absolute atomic E-state index is 0.895. The average molecular weight is 231 g/mol. The number of nitrogen functional groups attached to an aromatic ring is 1. The zero-order chi connectivity index (χ0) is 11.9. The molecule has 0 fully saturated rings. The molecule has 0 saturated carbocycles. The van der Waals surface area contributed by atoms with Crippen molar-refractivity contribution in [2.75, 3.05) is 5.73 Å². The van der Waals surface area contributed by atoms with Gasteiger partial charge in [0.25, 0.3) is 0 Å². The Labute approximate surface area is 101 Å². The van der Waals surface area contributed by atoms with Crippen molar-refractivity contribution in [1.29, 1.82) is 0 Å². The summed E-state index contributed by atoms with van der Waals surface area (Å²) in [6.07, 6.45) is 0. The number of rotatable bonds is 1. The molecule has 2 rings (SSSR count). The van der Waals surface area contributed by atoms with Crippen molar-refractivity contribution in [3.8, 4) is 11.1 Å². The topological polar surface area (TPSA) is 26.0 Å². The van der Waals surface area contributed by atoms with Crippen molar-refractivity contribution < 1.29 is 0 Å². The van der Waals surface area contributed by atoms with Crippen LogP contribution in [0.5, 0.6) is 0 Å². The number of aryl methyl sites for hydroxylation is 4. The van der Waals surface area contributed by atoms with Gasteiger partial charge in [-0.3, -0.25) is 0 Å². The van der Waals surface area contributed by atoms with Crippen molar-refractivity contribution in [3.63, 3.8) is 0 Å². The fourth-order valence-electron chi connectivity index (χ4n) is 2.36. The minimum Gasteiger partial charge on any atom is -0.391 e. The van der Waals surface area contributed by atoms with E-state index in [-0.39, 0.29) is 0 Å². The van der Waals surface area contributed by atoms with E-state index >= 15 is 0 Å². The lowest BCUT2D eigenvalue weighted by Crippen LogP contribution is -1.90. The molecule has 0 aliphatic carbocycles. The maximum atomic E-state index is 5.87. The summed E-state index contributed by atoms with van der Waals surface area (Å²) in [7, 11) is 0. The fraction of sp³-hybridized carbons (Fsp3) is 0.286. The summed E-state index contributed by atoms with van der Waals surface area (Å²) < 4.78 is 0. The number of hydrogen-bond acceptors (Lipinski definition) is 2. The van der Waals surface area contributed by atoms with Gasteiger partial charge in [0, 0.05) is 4.88 Å². The van der Waals surface area contributed by atoms with Crippen LogP contribution in [-0.4, -0.2) is 0 Å². The fourth-order valence-corrected chi connectivity index (χ4v) is 3.16. The molecule has 0 unspecified atom stereocenters. The molecule has 0 atom stereocenters. The van der Waals surface area contributed by atoms with Crippen LogP contribution in [0.25, 0.3) is 11.1 Å². The summed E-state index contributed by atoms with van der Waals surface area (Å²) in [4.78, 5) is 1.30. The third kappa shape index (κ3) is 1.85. The summed E-state index contributed by atoms with van der Waals surface area (Å²) in [5, 5.41) is 0.895. The van der Waals surface area contributed by atoms with Gasteiger partial charge < -0.3 is 5.73 Å². The van der Waals surface area contributed by atoms with Gasteiger partial charge in [0.1, 0.15) is 0 Å². The molecule has 1 heterocycles. The standard InChI is InChI=1S/C14H17NS/c1-8-5-9(2)14(10(3)6-8)12-7-13(15)16-11(12)4/h5-7H,15H2,1-4H3. The Morgan fingerprint density at radius 2 is 1.50 bits per heavy atom. The maximum Gasteiger partial charge on any atom is 0.0865 e. The van der Waals surface area contributed by atoms with Gasteiger partial charge in [0.15, 0.2) is 0 Å². The monoisotopic (exact) mass is 231 g/mol. The molecule has 0 spiro atoms. The van der Waals surface area contributed by atoms with Gasteiger partial charge in [0.2, 0.25) is 0 Å². The highest BCUT2D eigenvalue weighted by Gasteiger charge is 2.11. The van der Waals surface area contributed by atoms with Crippen molar-refractivity contribution in [3.05, 3.63) is 39.8 Å². The Hall–Kier alpha value is -1.28. The van der Waals surface area contributed by atoms with Crippen molar-refractivity contribution >= 4 is 16.3 Å². The predicted molar refractivity (Wildman–Crippen MR) is 73.1 cm³/mol. The van der Waals surface area contributed by atoms with Crippen LogP contribution >= 0.6 is 11.3 Å². The largest absolute Gasteiger partial charge is 0.391 e. The van der Waals surface area contributed by atoms with Gasteiger partial charge in [-0.2, -0.15) is 0 Å². The first-order valence-corrected chi connectivity index (χ1v) is 6.25. The second-order valence-electron chi connectivity index (χ2n) is 4.39. The summed E-state index contributed by atoms with van der Waals surface area (Å²) in [6.45, 7) is 8.61. The van der Waals surface area contributed by atoms with Crippen LogP contribution in [-0.2, 0) is 0 Å². The van der Waals surface area contributed by atoms with Crippen molar-refractivity contribution in [2.24, 2.45) is 0 Å². The molecule has 2 heteroatoms. The van der Waals surface area contributed by atoms with E-state index in [0.717, 1.165) is 5.00 Å². The van der Waals surface area contributed by atoms with E-state index in [1.165, 1.54) is 32.7 Å². The van der Waals surface area contributed by atoms with Crippen LogP contribution < -0.4 is 5.73 Å². The van der Waals surface area contributed by atoms with Crippen LogP contribution in [0.1, 0.15) is 21.6 Å². The number of benzene rings is 1. The summed E-state index contributed by atoms with van der Waals surface area (Å²) in [5.74, 6) is 0. The molecule has 0 aliphatic heterocycles. The molecule has 84 valence electrons. The van der Waals surface area contributed by atoms with E-state index in [1.54, 1.807) is 11.3 Å². The van der Waals surface area contributed by atoms with E-state index in [2.05, 4.69) is 45.9 Å². The molecule has 16 heavy (non-hydrogen) atoms. The van der Waals surface area contributed by atoms with Gasteiger partial charge >= 0.3 is 0 Å². The predicted octanol–water partition coefficient (Wildman–Crippen LogP) is 4.23. The summed E-state index contributed by atoms with van der Waals surface area (Å²) >= 11 is 1.66. The van der Waals surface area contributed by atoms with Crippen LogP contribution in [0.3, 0.4) is 0 Å². The molecule has 0 aliphatic rings. The van der Waals surface area contributed by atoms with Gasteiger partial charge in [-0.1, -0.05) is 17.7 Å². The highest BCUT2D eigenvalue weighted by molar-refractivity contribution is 7.16. The van der Waals surface area contributed by atoms with E-state index in [4.69, 9.17) is 5.73 Å². The van der Waals surface area contributed by atoms with Gasteiger partial charge in [-0.25, -0.2) is 0 Å². The molecule has 0 amide bonds.